The van der Waals surface area contributed by atoms with Gasteiger partial charge in [-0.2, -0.15) is 0 Å². The van der Waals surface area contributed by atoms with Crippen LogP contribution >= 0.6 is 11.6 Å². The highest BCUT2D eigenvalue weighted by atomic mass is 35.5. The fourth-order valence-electron chi connectivity index (χ4n) is 2.92. The van der Waals surface area contributed by atoms with E-state index in [2.05, 4.69) is 30.1 Å². The smallest absolute Gasteiger partial charge is 0.314 e. The lowest BCUT2D eigenvalue weighted by atomic mass is 10.2. The van der Waals surface area contributed by atoms with Crippen LogP contribution in [0.25, 0.3) is 0 Å². The molecule has 0 aliphatic carbocycles. The highest BCUT2D eigenvalue weighted by Gasteiger charge is 2.18. The van der Waals surface area contributed by atoms with Gasteiger partial charge < -0.3 is 14.7 Å². The van der Waals surface area contributed by atoms with Crippen LogP contribution < -0.4 is 15.5 Å². The summed E-state index contributed by atoms with van der Waals surface area (Å²) in [5.74, 6) is -1.21. The lowest BCUT2D eigenvalue weighted by Crippen LogP contribution is -2.47. The van der Waals surface area contributed by atoms with E-state index in [0.717, 1.165) is 44.2 Å². The first kappa shape index (κ1) is 19.2. The van der Waals surface area contributed by atoms with Crippen molar-refractivity contribution in [1.29, 1.82) is 0 Å². The molecule has 0 radical (unpaired) electrons. The maximum Gasteiger partial charge on any atom is 0.314 e. The van der Waals surface area contributed by atoms with Crippen molar-refractivity contribution < 1.29 is 14.1 Å². The number of anilines is 2. The lowest BCUT2D eigenvalue weighted by molar-refractivity contribution is -0.136. The van der Waals surface area contributed by atoms with Gasteiger partial charge in [0, 0.05) is 49.5 Å². The number of nitrogens with zero attached hydrogens (tertiary/aromatic N) is 3. The van der Waals surface area contributed by atoms with Gasteiger partial charge in [0.25, 0.3) is 0 Å². The van der Waals surface area contributed by atoms with Crippen molar-refractivity contribution in [2.24, 2.45) is 0 Å². The summed E-state index contributed by atoms with van der Waals surface area (Å²) in [7, 11) is 0. The van der Waals surface area contributed by atoms with Gasteiger partial charge in [-0.15, -0.1) is 0 Å². The first-order valence-electron chi connectivity index (χ1n) is 8.84. The molecule has 9 heteroatoms. The van der Waals surface area contributed by atoms with Crippen molar-refractivity contribution in [1.82, 2.24) is 15.4 Å². The molecule has 144 valence electrons. The van der Waals surface area contributed by atoms with Crippen LogP contribution in [0.1, 0.15) is 6.42 Å². The first-order valence-corrected chi connectivity index (χ1v) is 9.22. The summed E-state index contributed by atoms with van der Waals surface area (Å²) in [6.07, 6.45) is 2.10. The molecule has 1 fully saturated rings. The van der Waals surface area contributed by atoms with Crippen molar-refractivity contribution in [2.45, 2.75) is 6.42 Å². The molecule has 2 heterocycles. The Balaban J connectivity index is 1.30. The van der Waals surface area contributed by atoms with Crippen molar-refractivity contribution >= 4 is 34.9 Å². The Hall–Kier alpha value is -2.58. The minimum absolute atomic E-state index is 0.216. The molecule has 0 atom stereocenters. The zero-order valence-corrected chi connectivity index (χ0v) is 15.6. The third kappa shape index (κ3) is 5.70. The van der Waals surface area contributed by atoms with Crippen LogP contribution in [-0.2, 0) is 9.59 Å². The predicted octanol–water partition coefficient (Wildman–Crippen LogP) is 1.59. The van der Waals surface area contributed by atoms with Gasteiger partial charge in [0.1, 0.15) is 6.26 Å². The van der Waals surface area contributed by atoms with Crippen molar-refractivity contribution in [3.05, 3.63) is 41.6 Å². The monoisotopic (exact) mass is 391 g/mol. The van der Waals surface area contributed by atoms with Crippen molar-refractivity contribution in [2.75, 3.05) is 49.5 Å². The summed E-state index contributed by atoms with van der Waals surface area (Å²) in [5, 5.41) is 9.24. The number of benzene rings is 1. The Morgan fingerprint density at radius 2 is 1.81 bits per heavy atom. The zero-order chi connectivity index (χ0) is 19.1. The molecule has 1 aliphatic heterocycles. The highest BCUT2D eigenvalue weighted by Crippen LogP contribution is 2.19. The first-order chi connectivity index (χ1) is 13.1. The van der Waals surface area contributed by atoms with Crippen LogP contribution in [0, 0.1) is 0 Å². The molecule has 3 rings (SSSR count). The second-order valence-corrected chi connectivity index (χ2v) is 6.69. The Morgan fingerprint density at radius 1 is 1.07 bits per heavy atom. The van der Waals surface area contributed by atoms with E-state index in [1.54, 1.807) is 0 Å². The van der Waals surface area contributed by atoms with Crippen LogP contribution in [0.3, 0.4) is 0 Å². The maximum atomic E-state index is 11.7. The SMILES string of the molecule is O=C(NCCCN1CCN(c2ccc(Cl)cc2)CC1)C(=O)Nc1ccon1. The molecule has 1 saturated heterocycles. The van der Waals surface area contributed by atoms with E-state index < -0.39 is 11.8 Å². The molecule has 0 saturated carbocycles. The normalized spacial score (nSPS) is 14.8. The molecule has 1 aromatic carbocycles. The molecule has 2 N–H and O–H groups in total. The second kappa shape index (κ2) is 9.38. The van der Waals surface area contributed by atoms with E-state index in [-0.39, 0.29) is 5.82 Å². The molecule has 27 heavy (non-hydrogen) atoms. The number of hydrogen-bond acceptors (Lipinski definition) is 6. The Morgan fingerprint density at radius 3 is 2.48 bits per heavy atom. The third-order valence-corrected chi connectivity index (χ3v) is 4.64. The number of hydrogen-bond donors (Lipinski definition) is 2. The number of nitrogens with one attached hydrogen (secondary N) is 2. The van der Waals surface area contributed by atoms with Gasteiger partial charge in [0.2, 0.25) is 0 Å². The summed E-state index contributed by atoms with van der Waals surface area (Å²) in [4.78, 5) is 28.1. The van der Waals surface area contributed by atoms with Gasteiger partial charge in [0.15, 0.2) is 5.82 Å². The van der Waals surface area contributed by atoms with E-state index in [1.807, 2.05) is 24.3 Å². The molecular weight excluding hydrogens is 370 g/mol. The van der Waals surface area contributed by atoms with Gasteiger partial charge in [-0.05, 0) is 37.2 Å². The minimum atomic E-state index is -0.750. The highest BCUT2D eigenvalue weighted by molar-refractivity contribution is 6.39. The Bertz CT molecular complexity index is 743. The molecule has 2 aromatic rings. The van der Waals surface area contributed by atoms with Gasteiger partial charge in [-0.3, -0.25) is 19.8 Å². The summed E-state index contributed by atoms with van der Waals surface area (Å²) >= 11 is 5.93. The molecule has 8 nitrogen and oxygen atoms in total. The van der Waals surface area contributed by atoms with E-state index in [9.17, 15) is 9.59 Å². The van der Waals surface area contributed by atoms with E-state index in [1.165, 1.54) is 18.0 Å². The standard InChI is InChI=1S/C18H22ClN5O3/c19-14-2-4-15(5-3-14)24-11-9-23(10-12-24)8-1-7-20-17(25)18(26)21-16-6-13-27-22-16/h2-6,13H,1,7-12H2,(H,20,25)(H,21,22,26). The predicted molar refractivity (Wildman–Crippen MR) is 103 cm³/mol. The Labute approximate surface area is 162 Å². The quantitative estimate of drug-likeness (QED) is 0.574. The van der Waals surface area contributed by atoms with Crippen LogP contribution in [0.5, 0.6) is 0 Å². The van der Waals surface area contributed by atoms with Crippen LogP contribution in [0.4, 0.5) is 11.5 Å². The minimum Gasteiger partial charge on any atom is -0.369 e. The second-order valence-electron chi connectivity index (χ2n) is 6.25. The zero-order valence-electron chi connectivity index (χ0n) is 14.9. The molecule has 1 aliphatic rings. The van der Waals surface area contributed by atoms with E-state index in [4.69, 9.17) is 11.6 Å². The average molecular weight is 392 g/mol. The van der Waals surface area contributed by atoms with Crippen LogP contribution in [-0.4, -0.2) is 61.1 Å². The molecule has 0 bridgehead atoms. The fourth-order valence-corrected chi connectivity index (χ4v) is 3.04. The van der Waals surface area contributed by atoms with Crippen LogP contribution in [0.2, 0.25) is 5.02 Å². The van der Waals surface area contributed by atoms with Crippen molar-refractivity contribution in [3.8, 4) is 0 Å². The van der Waals surface area contributed by atoms with Gasteiger partial charge in [0.05, 0.1) is 0 Å². The van der Waals surface area contributed by atoms with Gasteiger partial charge in [-0.25, -0.2) is 0 Å². The molecule has 1 aromatic heterocycles. The van der Waals surface area contributed by atoms with E-state index in [0.29, 0.717) is 6.54 Å². The van der Waals surface area contributed by atoms with E-state index >= 15 is 0 Å². The maximum absolute atomic E-state index is 11.7. The summed E-state index contributed by atoms with van der Waals surface area (Å²) in [5.41, 5.74) is 1.18. The van der Waals surface area contributed by atoms with Gasteiger partial charge >= 0.3 is 11.8 Å². The number of rotatable bonds is 6. The fraction of sp³-hybridized carbons (Fsp3) is 0.389. The summed E-state index contributed by atoms with van der Waals surface area (Å²) in [6.45, 7) is 5.15. The largest absolute Gasteiger partial charge is 0.369 e. The number of carbonyl (C=O) groups excluding carboxylic acids is 2. The average Bonchev–Trinajstić information content (AvgIpc) is 3.19. The third-order valence-electron chi connectivity index (χ3n) is 4.39. The summed E-state index contributed by atoms with van der Waals surface area (Å²) in [6, 6.07) is 9.36. The van der Waals surface area contributed by atoms with Gasteiger partial charge in [-0.1, -0.05) is 16.8 Å². The summed E-state index contributed by atoms with van der Waals surface area (Å²) < 4.78 is 4.59. The number of aromatic nitrogens is 1. The van der Waals surface area contributed by atoms with Crippen molar-refractivity contribution in [3.63, 3.8) is 0 Å². The topological polar surface area (TPSA) is 90.7 Å². The molecule has 0 spiro atoms. The number of carbonyl (C=O) groups is 2. The molecule has 0 unspecified atom stereocenters. The van der Waals surface area contributed by atoms with Crippen LogP contribution in [0.15, 0.2) is 41.1 Å². The Kier molecular flexibility index (Phi) is 6.67. The molecule has 2 amide bonds. The number of amides is 2. The number of halogens is 1. The lowest BCUT2D eigenvalue weighted by Gasteiger charge is -2.36. The number of piperazine rings is 1. The molecular formula is C18H22ClN5O3.